The molecule has 9 nitrogen and oxygen atoms in total. The topological polar surface area (TPSA) is 173 Å². The first kappa shape index (κ1) is 30.5. The first-order valence-corrected chi connectivity index (χ1v) is 9.52. The van der Waals surface area contributed by atoms with E-state index in [0.29, 0.717) is 16.7 Å². The summed E-state index contributed by atoms with van der Waals surface area (Å²) in [5.74, 6) is -3.68. The third-order valence-corrected chi connectivity index (χ3v) is 4.05. The van der Waals surface area contributed by atoms with E-state index in [2.05, 4.69) is 0 Å². The van der Waals surface area contributed by atoms with Gasteiger partial charge in [0.15, 0.2) is 18.3 Å². The summed E-state index contributed by atoms with van der Waals surface area (Å²) in [7, 11) is 0. The summed E-state index contributed by atoms with van der Waals surface area (Å²) in [6, 6.07) is 24.8. The fraction of sp³-hybridized carbons (Fsp3) is 0.125. The molecule has 6 N–H and O–H groups in total. The number of carboxylic acids is 3. The predicted octanol–water partition coefficient (Wildman–Crippen LogP) is 2.41. The van der Waals surface area contributed by atoms with Crippen molar-refractivity contribution in [1.82, 2.24) is 0 Å². The fourth-order valence-electron chi connectivity index (χ4n) is 2.33. The van der Waals surface area contributed by atoms with Gasteiger partial charge in [0.1, 0.15) is 0 Å². The summed E-state index contributed by atoms with van der Waals surface area (Å²) in [6.45, 7) is 0. The second-order valence-electron chi connectivity index (χ2n) is 6.45. The average Bonchev–Trinajstić information content (AvgIpc) is 2.84. The van der Waals surface area contributed by atoms with Crippen LogP contribution >= 0.6 is 0 Å². The minimum Gasteiger partial charge on any atom is -0.479 e. The van der Waals surface area contributed by atoms with Gasteiger partial charge in [0.2, 0.25) is 0 Å². The summed E-state index contributed by atoms with van der Waals surface area (Å²) in [4.78, 5) is 30.7. The second-order valence-corrected chi connectivity index (χ2v) is 6.45. The van der Waals surface area contributed by atoms with Crippen LogP contribution in [-0.2, 0) is 31.7 Å². The molecule has 3 aromatic rings. The molecule has 0 saturated carbocycles. The van der Waals surface area contributed by atoms with Crippen LogP contribution < -0.4 is 0 Å². The van der Waals surface area contributed by atoms with Gasteiger partial charge in [-0.3, -0.25) is 0 Å². The Morgan fingerprint density at radius 3 is 0.765 bits per heavy atom. The number of benzene rings is 3. The molecule has 3 atom stereocenters. The number of hydrogen-bond acceptors (Lipinski definition) is 6. The molecule has 34 heavy (non-hydrogen) atoms. The van der Waals surface area contributed by atoms with Crippen LogP contribution in [0, 0.1) is 0 Å². The van der Waals surface area contributed by atoms with E-state index in [9.17, 15) is 14.4 Å². The number of rotatable bonds is 6. The summed E-state index contributed by atoms with van der Waals surface area (Å²) in [5, 5.41) is 52.2. The van der Waals surface area contributed by atoms with Crippen molar-refractivity contribution in [2.45, 2.75) is 18.3 Å². The summed E-state index contributed by atoms with van der Waals surface area (Å²) >= 11 is 0. The molecule has 0 spiro atoms. The molecule has 0 radical (unpaired) electrons. The van der Waals surface area contributed by atoms with Crippen molar-refractivity contribution in [2.24, 2.45) is 0 Å². The van der Waals surface area contributed by atoms with Crippen LogP contribution in [0.2, 0.25) is 0 Å². The van der Waals surface area contributed by atoms with Crippen molar-refractivity contribution < 1.29 is 62.4 Å². The molecule has 3 aromatic carbocycles. The minimum absolute atomic E-state index is 0. The molecule has 0 aromatic heterocycles. The molecule has 0 fully saturated rings. The SMILES string of the molecule is O=C(O)C(O)c1ccccc1.O=C(O)C(O)c1ccccc1.O=C(O)C(O)c1ccccc1.[Cr]. The Morgan fingerprint density at radius 1 is 0.441 bits per heavy atom. The standard InChI is InChI=1S/3C8H8O3.Cr/c3*9-7(8(10)11)6-4-2-1-3-5-6;/h3*1-5,7,9H,(H,10,11);. The van der Waals surface area contributed by atoms with Crippen LogP contribution in [0.1, 0.15) is 35.0 Å². The average molecular weight is 508 g/mol. The number of carbonyl (C=O) groups is 3. The zero-order chi connectivity index (χ0) is 24.8. The Morgan fingerprint density at radius 2 is 0.618 bits per heavy atom. The zero-order valence-electron chi connectivity index (χ0n) is 17.7. The second kappa shape index (κ2) is 16.2. The molecular formula is C24H24CrO9. The number of carboxylic acid groups (broad SMARTS) is 3. The van der Waals surface area contributed by atoms with Crippen LogP contribution in [0.4, 0.5) is 0 Å². The van der Waals surface area contributed by atoms with Gasteiger partial charge in [-0.1, -0.05) is 91.0 Å². The maximum atomic E-state index is 10.2. The molecular weight excluding hydrogens is 484 g/mol. The summed E-state index contributed by atoms with van der Waals surface area (Å²) in [6.07, 6.45) is -4.22. The minimum atomic E-state index is -1.41. The van der Waals surface area contributed by atoms with Gasteiger partial charge in [-0.05, 0) is 16.7 Å². The maximum absolute atomic E-state index is 10.2. The monoisotopic (exact) mass is 508 g/mol. The van der Waals surface area contributed by atoms with E-state index in [0.717, 1.165) is 0 Å². The Balaban J connectivity index is 0.000000473. The van der Waals surface area contributed by atoms with Crippen LogP contribution in [0.15, 0.2) is 91.0 Å². The third kappa shape index (κ3) is 10.9. The third-order valence-electron chi connectivity index (χ3n) is 4.05. The Bertz CT molecular complexity index is 867. The normalized spacial score (nSPS) is 12.1. The van der Waals surface area contributed by atoms with Gasteiger partial charge >= 0.3 is 17.9 Å². The molecule has 0 heterocycles. The number of hydrogen-bond donors (Lipinski definition) is 6. The van der Waals surface area contributed by atoms with Gasteiger partial charge in [0.05, 0.1) is 0 Å². The summed E-state index contributed by atoms with van der Waals surface area (Å²) in [5.41, 5.74) is 1.21. The molecule has 0 saturated heterocycles. The molecule has 0 amide bonds. The molecule has 0 aliphatic carbocycles. The van der Waals surface area contributed by atoms with E-state index in [4.69, 9.17) is 30.6 Å². The van der Waals surface area contributed by atoms with Gasteiger partial charge in [-0.15, -0.1) is 0 Å². The zero-order valence-corrected chi connectivity index (χ0v) is 19.0. The number of aliphatic carboxylic acids is 3. The van der Waals surface area contributed by atoms with Crippen LogP contribution in [-0.4, -0.2) is 48.5 Å². The van der Waals surface area contributed by atoms with Gasteiger partial charge in [0.25, 0.3) is 0 Å². The van der Waals surface area contributed by atoms with Gasteiger partial charge in [-0.2, -0.15) is 0 Å². The van der Waals surface area contributed by atoms with Crippen molar-refractivity contribution in [3.63, 3.8) is 0 Å². The summed E-state index contributed by atoms with van der Waals surface area (Å²) < 4.78 is 0. The van der Waals surface area contributed by atoms with Crippen LogP contribution in [0.5, 0.6) is 0 Å². The Labute approximate surface area is 206 Å². The van der Waals surface area contributed by atoms with Crippen LogP contribution in [0.25, 0.3) is 0 Å². The van der Waals surface area contributed by atoms with E-state index in [-0.39, 0.29) is 17.4 Å². The van der Waals surface area contributed by atoms with Crippen molar-refractivity contribution >= 4 is 17.9 Å². The smallest absolute Gasteiger partial charge is 0.337 e. The molecule has 0 aliphatic rings. The van der Waals surface area contributed by atoms with E-state index in [1.165, 1.54) is 0 Å². The molecule has 10 heteroatoms. The van der Waals surface area contributed by atoms with Gasteiger partial charge in [0, 0.05) is 17.4 Å². The maximum Gasteiger partial charge on any atom is 0.337 e. The first-order valence-electron chi connectivity index (χ1n) is 9.52. The predicted molar refractivity (Wildman–Crippen MR) is 117 cm³/mol. The fourth-order valence-corrected chi connectivity index (χ4v) is 2.33. The van der Waals surface area contributed by atoms with E-state index >= 15 is 0 Å². The van der Waals surface area contributed by atoms with Crippen molar-refractivity contribution in [3.05, 3.63) is 108 Å². The molecule has 0 aliphatic heterocycles. The van der Waals surface area contributed by atoms with Crippen molar-refractivity contribution in [2.75, 3.05) is 0 Å². The molecule has 3 rings (SSSR count). The number of aliphatic hydroxyl groups excluding tert-OH is 3. The van der Waals surface area contributed by atoms with Gasteiger partial charge in [-0.25, -0.2) is 14.4 Å². The van der Waals surface area contributed by atoms with E-state index in [1.54, 1.807) is 91.0 Å². The first-order chi connectivity index (χ1) is 15.6. The van der Waals surface area contributed by atoms with Crippen molar-refractivity contribution in [3.8, 4) is 0 Å². The molecule has 0 bridgehead atoms. The van der Waals surface area contributed by atoms with E-state index < -0.39 is 36.2 Å². The number of aliphatic hydroxyl groups is 3. The largest absolute Gasteiger partial charge is 0.479 e. The Hall–Kier alpha value is -3.52. The van der Waals surface area contributed by atoms with Crippen LogP contribution in [0.3, 0.4) is 0 Å². The molecule has 3 unspecified atom stereocenters. The van der Waals surface area contributed by atoms with Gasteiger partial charge < -0.3 is 30.6 Å². The van der Waals surface area contributed by atoms with E-state index in [1.807, 2.05) is 0 Å². The molecule has 180 valence electrons. The Kier molecular flexibility index (Phi) is 14.5. The van der Waals surface area contributed by atoms with Crippen molar-refractivity contribution in [1.29, 1.82) is 0 Å². The quantitative estimate of drug-likeness (QED) is 0.292.